The van der Waals surface area contributed by atoms with Crippen LogP contribution >= 0.6 is 0 Å². The molecule has 0 fully saturated rings. The van der Waals surface area contributed by atoms with Gasteiger partial charge in [0.2, 0.25) is 5.91 Å². The van der Waals surface area contributed by atoms with Crippen LogP contribution in [-0.4, -0.2) is 31.1 Å². The van der Waals surface area contributed by atoms with Gasteiger partial charge in [0.15, 0.2) is 0 Å². The Balaban J connectivity index is 2.86. The first-order valence-electron chi connectivity index (χ1n) is 5.63. The van der Waals surface area contributed by atoms with Crippen LogP contribution in [-0.2, 0) is 9.59 Å². The van der Waals surface area contributed by atoms with Crippen molar-refractivity contribution in [2.24, 2.45) is 0 Å². The molecule has 0 saturated heterocycles. The first-order valence-corrected chi connectivity index (χ1v) is 5.63. The highest BCUT2D eigenvalue weighted by Gasteiger charge is 2.18. The van der Waals surface area contributed by atoms with E-state index in [4.69, 9.17) is 9.84 Å². The normalized spacial score (nSPS) is 11.7. The SMILES string of the molecule is CNC(=O)CC(CC(=O)O)c1ccc(OC)cc1. The lowest BCUT2D eigenvalue weighted by Crippen LogP contribution is -2.21. The molecule has 0 heterocycles. The Labute approximate surface area is 106 Å². The summed E-state index contributed by atoms with van der Waals surface area (Å²) in [5.74, 6) is -0.710. The summed E-state index contributed by atoms with van der Waals surface area (Å²) in [5.41, 5.74) is 0.821. The number of hydrogen-bond donors (Lipinski definition) is 2. The highest BCUT2D eigenvalue weighted by molar-refractivity contribution is 5.78. The Bertz CT molecular complexity index is 414. The van der Waals surface area contributed by atoms with Crippen LogP contribution in [0, 0.1) is 0 Å². The van der Waals surface area contributed by atoms with Crippen molar-refractivity contribution < 1.29 is 19.4 Å². The standard InChI is InChI=1S/C13H17NO4/c1-14-12(15)7-10(8-13(16)17)9-3-5-11(18-2)6-4-9/h3-6,10H,7-8H2,1-2H3,(H,14,15)(H,16,17). The van der Waals surface area contributed by atoms with Gasteiger partial charge in [0, 0.05) is 19.4 Å². The predicted molar refractivity (Wildman–Crippen MR) is 66.7 cm³/mol. The van der Waals surface area contributed by atoms with Crippen molar-refractivity contribution >= 4 is 11.9 Å². The smallest absolute Gasteiger partial charge is 0.303 e. The molecule has 0 aliphatic heterocycles. The molecule has 1 unspecified atom stereocenters. The molecule has 0 aliphatic carbocycles. The molecule has 2 N–H and O–H groups in total. The lowest BCUT2D eigenvalue weighted by molar-refractivity contribution is -0.137. The molecule has 1 amide bonds. The van der Waals surface area contributed by atoms with Gasteiger partial charge in [-0.15, -0.1) is 0 Å². The number of amides is 1. The predicted octanol–water partition coefficient (Wildman–Crippen LogP) is 1.39. The van der Waals surface area contributed by atoms with Gasteiger partial charge < -0.3 is 15.2 Å². The summed E-state index contributed by atoms with van der Waals surface area (Å²) in [4.78, 5) is 22.2. The van der Waals surface area contributed by atoms with E-state index in [9.17, 15) is 9.59 Å². The monoisotopic (exact) mass is 251 g/mol. The van der Waals surface area contributed by atoms with E-state index in [0.717, 1.165) is 5.56 Å². The lowest BCUT2D eigenvalue weighted by Gasteiger charge is -2.14. The number of carboxylic acid groups (broad SMARTS) is 1. The van der Waals surface area contributed by atoms with Crippen LogP contribution in [0.25, 0.3) is 0 Å². The third-order valence-corrected chi connectivity index (χ3v) is 2.72. The molecule has 0 radical (unpaired) electrons. The summed E-state index contributed by atoms with van der Waals surface area (Å²) in [6, 6.07) is 7.09. The van der Waals surface area contributed by atoms with Gasteiger partial charge in [0.25, 0.3) is 0 Å². The van der Waals surface area contributed by atoms with Gasteiger partial charge in [-0.3, -0.25) is 9.59 Å². The fourth-order valence-corrected chi connectivity index (χ4v) is 1.72. The van der Waals surface area contributed by atoms with E-state index in [0.29, 0.717) is 5.75 Å². The molecular formula is C13H17NO4. The summed E-state index contributed by atoms with van der Waals surface area (Å²) >= 11 is 0. The molecule has 1 aromatic carbocycles. The van der Waals surface area contributed by atoms with Crippen LogP contribution < -0.4 is 10.1 Å². The average Bonchev–Trinajstić information content (AvgIpc) is 2.37. The molecule has 98 valence electrons. The maximum absolute atomic E-state index is 11.4. The molecule has 0 aromatic heterocycles. The molecule has 0 aliphatic rings. The molecule has 0 saturated carbocycles. The summed E-state index contributed by atoms with van der Waals surface area (Å²) in [5, 5.41) is 11.4. The van der Waals surface area contributed by atoms with Crippen molar-refractivity contribution in [3.63, 3.8) is 0 Å². The zero-order valence-electron chi connectivity index (χ0n) is 10.5. The van der Waals surface area contributed by atoms with Gasteiger partial charge >= 0.3 is 5.97 Å². The van der Waals surface area contributed by atoms with Gasteiger partial charge in [-0.05, 0) is 17.7 Å². The minimum absolute atomic E-state index is 0.0697. The molecule has 0 bridgehead atoms. The Morgan fingerprint density at radius 2 is 1.89 bits per heavy atom. The number of carbonyl (C=O) groups is 2. The molecule has 1 atom stereocenters. The number of methoxy groups -OCH3 is 1. The van der Waals surface area contributed by atoms with E-state index in [1.54, 1.807) is 31.4 Å². The second-order valence-corrected chi connectivity index (χ2v) is 3.95. The Hall–Kier alpha value is -2.04. The highest BCUT2D eigenvalue weighted by Crippen LogP contribution is 2.25. The number of rotatable bonds is 6. The van der Waals surface area contributed by atoms with Gasteiger partial charge in [-0.1, -0.05) is 12.1 Å². The quantitative estimate of drug-likeness (QED) is 0.801. The van der Waals surface area contributed by atoms with Crippen LogP contribution in [0.2, 0.25) is 0 Å². The largest absolute Gasteiger partial charge is 0.497 e. The number of carboxylic acids is 1. The Morgan fingerprint density at radius 1 is 1.28 bits per heavy atom. The van der Waals surface area contributed by atoms with E-state index in [-0.39, 0.29) is 24.7 Å². The van der Waals surface area contributed by atoms with E-state index in [2.05, 4.69) is 5.32 Å². The van der Waals surface area contributed by atoms with Crippen LogP contribution in [0.1, 0.15) is 24.3 Å². The van der Waals surface area contributed by atoms with Crippen molar-refractivity contribution in [1.82, 2.24) is 5.32 Å². The number of carbonyl (C=O) groups excluding carboxylic acids is 1. The third-order valence-electron chi connectivity index (χ3n) is 2.72. The van der Waals surface area contributed by atoms with Crippen LogP contribution in [0.3, 0.4) is 0 Å². The Morgan fingerprint density at radius 3 is 2.33 bits per heavy atom. The van der Waals surface area contributed by atoms with Crippen LogP contribution in [0.4, 0.5) is 0 Å². The second kappa shape index (κ2) is 6.64. The zero-order valence-corrected chi connectivity index (χ0v) is 10.5. The minimum Gasteiger partial charge on any atom is -0.497 e. The Kier molecular flexibility index (Phi) is 5.17. The summed E-state index contributed by atoms with van der Waals surface area (Å²) in [6.07, 6.45) is 0.0921. The maximum atomic E-state index is 11.4. The fraction of sp³-hybridized carbons (Fsp3) is 0.385. The van der Waals surface area contributed by atoms with Gasteiger partial charge in [-0.2, -0.15) is 0 Å². The molecule has 18 heavy (non-hydrogen) atoms. The number of nitrogens with one attached hydrogen (secondary N) is 1. The summed E-state index contributed by atoms with van der Waals surface area (Å²) in [7, 11) is 3.10. The van der Waals surface area contributed by atoms with Gasteiger partial charge in [0.05, 0.1) is 13.5 Å². The fourth-order valence-electron chi connectivity index (χ4n) is 1.72. The zero-order chi connectivity index (χ0) is 13.5. The molecule has 1 rings (SSSR count). The first kappa shape index (κ1) is 14.0. The van der Waals surface area contributed by atoms with E-state index in [1.165, 1.54) is 7.05 Å². The average molecular weight is 251 g/mol. The molecule has 0 spiro atoms. The van der Waals surface area contributed by atoms with Crippen molar-refractivity contribution in [2.75, 3.05) is 14.2 Å². The van der Waals surface area contributed by atoms with Gasteiger partial charge in [-0.25, -0.2) is 0 Å². The van der Waals surface area contributed by atoms with Crippen molar-refractivity contribution in [2.45, 2.75) is 18.8 Å². The number of aliphatic carboxylic acids is 1. The number of hydrogen-bond acceptors (Lipinski definition) is 3. The van der Waals surface area contributed by atoms with Crippen LogP contribution in [0.5, 0.6) is 5.75 Å². The first-order chi connectivity index (χ1) is 8.56. The van der Waals surface area contributed by atoms with E-state index < -0.39 is 5.97 Å². The lowest BCUT2D eigenvalue weighted by atomic mass is 9.92. The van der Waals surface area contributed by atoms with Crippen molar-refractivity contribution in [3.8, 4) is 5.75 Å². The number of ether oxygens (including phenoxy) is 1. The summed E-state index contributed by atoms with van der Waals surface area (Å²) < 4.78 is 5.04. The molecular weight excluding hydrogens is 234 g/mol. The minimum atomic E-state index is -0.917. The maximum Gasteiger partial charge on any atom is 0.303 e. The third kappa shape index (κ3) is 4.08. The van der Waals surface area contributed by atoms with Crippen molar-refractivity contribution in [3.05, 3.63) is 29.8 Å². The summed E-state index contributed by atoms with van der Waals surface area (Å²) in [6.45, 7) is 0. The molecule has 1 aromatic rings. The van der Waals surface area contributed by atoms with E-state index >= 15 is 0 Å². The second-order valence-electron chi connectivity index (χ2n) is 3.95. The number of benzene rings is 1. The van der Waals surface area contributed by atoms with Gasteiger partial charge in [0.1, 0.15) is 5.75 Å². The van der Waals surface area contributed by atoms with Crippen LogP contribution in [0.15, 0.2) is 24.3 Å². The topological polar surface area (TPSA) is 75.6 Å². The molecule has 5 heteroatoms. The highest BCUT2D eigenvalue weighted by atomic mass is 16.5. The van der Waals surface area contributed by atoms with Crippen molar-refractivity contribution in [1.29, 1.82) is 0 Å². The van der Waals surface area contributed by atoms with E-state index in [1.807, 2.05) is 0 Å². The molecule has 5 nitrogen and oxygen atoms in total.